The minimum atomic E-state index is -0.308. The predicted molar refractivity (Wildman–Crippen MR) is 134 cm³/mol. The van der Waals surface area contributed by atoms with Crippen molar-refractivity contribution in [2.45, 2.75) is 26.4 Å². The van der Waals surface area contributed by atoms with Crippen LogP contribution in [0.3, 0.4) is 0 Å². The van der Waals surface area contributed by atoms with Crippen LogP contribution in [-0.2, 0) is 0 Å². The van der Waals surface area contributed by atoms with Gasteiger partial charge in [0, 0.05) is 5.56 Å². The molecule has 1 amide bonds. The van der Waals surface area contributed by atoms with Gasteiger partial charge in [-0.2, -0.15) is 0 Å². The van der Waals surface area contributed by atoms with Crippen molar-refractivity contribution in [3.63, 3.8) is 0 Å². The summed E-state index contributed by atoms with van der Waals surface area (Å²) in [6.07, 6.45) is 1.03. The highest BCUT2D eigenvalue weighted by molar-refractivity contribution is 7.80. The average molecular weight is 465 g/mol. The lowest BCUT2D eigenvalue weighted by atomic mass is 10.2. The first-order valence-electron chi connectivity index (χ1n) is 10.8. The molecular formula is C26H28N2O4S. The van der Waals surface area contributed by atoms with Gasteiger partial charge < -0.3 is 19.5 Å². The maximum absolute atomic E-state index is 12.5. The Morgan fingerprint density at radius 1 is 0.879 bits per heavy atom. The minimum Gasteiger partial charge on any atom is -0.491 e. The zero-order valence-electron chi connectivity index (χ0n) is 18.7. The second-order valence-electron chi connectivity index (χ2n) is 7.28. The number of benzene rings is 3. The Hall–Kier alpha value is -3.58. The van der Waals surface area contributed by atoms with Crippen LogP contribution in [0.1, 0.15) is 30.6 Å². The lowest BCUT2D eigenvalue weighted by Crippen LogP contribution is -2.34. The molecule has 0 bridgehead atoms. The van der Waals surface area contributed by atoms with Gasteiger partial charge in [-0.05, 0) is 74.1 Å². The molecule has 0 aromatic heterocycles. The first-order chi connectivity index (χ1) is 16.0. The molecule has 0 saturated carbocycles. The lowest BCUT2D eigenvalue weighted by Gasteiger charge is -2.15. The number of carbonyl (C=O) groups is 1. The number of nitrogens with one attached hydrogen (secondary N) is 2. The molecule has 1 unspecified atom stereocenters. The Bertz CT molecular complexity index is 1040. The van der Waals surface area contributed by atoms with Crippen molar-refractivity contribution >= 4 is 28.9 Å². The number of ether oxygens (including phenoxy) is 3. The van der Waals surface area contributed by atoms with Gasteiger partial charge in [0.1, 0.15) is 30.5 Å². The molecule has 3 rings (SSSR count). The van der Waals surface area contributed by atoms with E-state index in [0.717, 1.165) is 17.9 Å². The van der Waals surface area contributed by atoms with Crippen molar-refractivity contribution in [2.75, 3.05) is 18.5 Å². The molecular weight excluding hydrogens is 436 g/mol. The van der Waals surface area contributed by atoms with Crippen LogP contribution < -0.4 is 24.8 Å². The summed E-state index contributed by atoms with van der Waals surface area (Å²) in [5, 5.41) is 5.89. The molecule has 0 fully saturated rings. The minimum absolute atomic E-state index is 0.119. The molecule has 0 heterocycles. The molecule has 7 heteroatoms. The quantitative estimate of drug-likeness (QED) is 0.307. The van der Waals surface area contributed by atoms with Gasteiger partial charge in [-0.25, -0.2) is 0 Å². The van der Waals surface area contributed by atoms with Crippen LogP contribution in [0.4, 0.5) is 5.69 Å². The highest BCUT2D eigenvalue weighted by Crippen LogP contribution is 2.24. The number of hydrogen-bond acceptors (Lipinski definition) is 5. The largest absolute Gasteiger partial charge is 0.491 e. The molecule has 2 N–H and O–H groups in total. The van der Waals surface area contributed by atoms with Crippen molar-refractivity contribution < 1.29 is 19.0 Å². The molecule has 6 nitrogen and oxygen atoms in total. The summed E-state index contributed by atoms with van der Waals surface area (Å²) in [6.45, 7) is 4.82. The third-order valence-corrected chi connectivity index (χ3v) is 4.95. The van der Waals surface area contributed by atoms with Gasteiger partial charge in [0.25, 0.3) is 5.91 Å². The Morgan fingerprint density at radius 2 is 1.55 bits per heavy atom. The Labute approximate surface area is 199 Å². The molecule has 33 heavy (non-hydrogen) atoms. The van der Waals surface area contributed by atoms with Crippen LogP contribution in [0.15, 0.2) is 78.9 Å². The van der Waals surface area contributed by atoms with Crippen LogP contribution in [0.5, 0.6) is 17.2 Å². The van der Waals surface area contributed by atoms with Crippen LogP contribution in [-0.4, -0.2) is 30.3 Å². The second kappa shape index (κ2) is 12.5. The zero-order valence-corrected chi connectivity index (χ0v) is 19.6. The molecule has 1 atom stereocenters. The van der Waals surface area contributed by atoms with Crippen molar-refractivity contribution in [2.24, 2.45) is 0 Å². The molecule has 0 radical (unpaired) electrons. The van der Waals surface area contributed by atoms with E-state index in [-0.39, 0.29) is 17.1 Å². The van der Waals surface area contributed by atoms with Gasteiger partial charge in [-0.15, -0.1) is 0 Å². The smallest absolute Gasteiger partial charge is 0.257 e. The maximum Gasteiger partial charge on any atom is 0.257 e. The highest BCUT2D eigenvalue weighted by Gasteiger charge is 2.11. The summed E-state index contributed by atoms with van der Waals surface area (Å²) in [7, 11) is 0. The number of amides is 1. The topological polar surface area (TPSA) is 68.8 Å². The summed E-state index contributed by atoms with van der Waals surface area (Å²) in [5.41, 5.74) is 1.14. The Balaban J connectivity index is 1.50. The SMILES string of the molecule is CCC(C)Oc1ccc(C(=O)NC(=S)Nc2ccccc2OCCOc2ccccc2)cc1. The van der Waals surface area contributed by atoms with Gasteiger partial charge in [0.15, 0.2) is 5.11 Å². The maximum atomic E-state index is 12.5. The standard InChI is InChI=1S/C26H28N2O4S/c1-3-19(2)32-22-15-13-20(14-16-22)25(29)28-26(33)27-23-11-7-8-12-24(23)31-18-17-30-21-9-5-4-6-10-21/h4-16,19H,3,17-18H2,1-2H3,(H2,27,28,29,33). The molecule has 0 spiro atoms. The van der Waals surface area contributed by atoms with E-state index in [0.29, 0.717) is 30.2 Å². The van der Waals surface area contributed by atoms with Gasteiger partial charge in [-0.1, -0.05) is 37.3 Å². The fourth-order valence-corrected chi connectivity index (χ4v) is 3.06. The third-order valence-electron chi connectivity index (χ3n) is 4.74. The monoisotopic (exact) mass is 464 g/mol. The van der Waals surface area contributed by atoms with E-state index < -0.39 is 0 Å². The zero-order chi connectivity index (χ0) is 23.5. The summed E-state index contributed by atoms with van der Waals surface area (Å²) in [6, 6.07) is 23.9. The first-order valence-corrected chi connectivity index (χ1v) is 11.2. The third kappa shape index (κ3) is 7.80. The first kappa shape index (κ1) is 24.1. The van der Waals surface area contributed by atoms with E-state index in [1.807, 2.05) is 61.5 Å². The van der Waals surface area contributed by atoms with E-state index in [4.69, 9.17) is 26.4 Å². The Kier molecular flexibility index (Phi) is 9.08. The van der Waals surface area contributed by atoms with Crippen molar-refractivity contribution in [1.82, 2.24) is 5.32 Å². The van der Waals surface area contributed by atoms with Crippen molar-refractivity contribution in [1.29, 1.82) is 0 Å². The molecule has 0 aliphatic heterocycles. The van der Waals surface area contributed by atoms with Crippen LogP contribution >= 0.6 is 12.2 Å². The fraction of sp³-hybridized carbons (Fsp3) is 0.231. The number of hydrogen-bond donors (Lipinski definition) is 2. The van der Waals surface area contributed by atoms with Gasteiger partial charge in [0.05, 0.1) is 11.8 Å². The molecule has 0 aliphatic carbocycles. The van der Waals surface area contributed by atoms with Crippen molar-refractivity contribution in [3.8, 4) is 17.2 Å². The number of rotatable bonds is 10. The van der Waals surface area contributed by atoms with E-state index >= 15 is 0 Å². The Morgan fingerprint density at radius 3 is 2.27 bits per heavy atom. The van der Waals surface area contributed by atoms with Gasteiger partial charge in [-0.3, -0.25) is 10.1 Å². The summed E-state index contributed by atoms with van der Waals surface area (Å²) in [5.74, 6) is 1.81. The summed E-state index contributed by atoms with van der Waals surface area (Å²) >= 11 is 5.32. The van der Waals surface area contributed by atoms with Gasteiger partial charge in [0.2, 0.25) is 0 Å². The second-order valence-corrected chi connectivity index (χ2v) is 7.68. The predicted octanol–water partition coefficient (Wildman–Crippen LogP) is 5.45. The molecule has 172 valence electrons. The van der Waals surface area contributed by atoms with Gasteiger partial charge >= 0.3 is 0 Å². The van der Waals surface area contributed by atoms with Crippen molar-refractivity contribution in [3.05, 3.63) is 84.4 Å². The molecule has 3 aromatic rings. The summed E-state index contributed by atoms with van der Waals surface area (Å²) in [4.78, 5) is 12.5. The summed E-state index contributed by atoms with van der Waals surface area (Å²) < 4.78 is 17.2. The fourth-order valence-electron chi connectivity index (χ4n) is 2.85. The number of carbonyl (C=O) groups excluding carboxylic acids is 1. The molecule has 0 saturated heterocycles. The van der Waals surface area contributed by atoms with Crippen LogP contribution in [0, 0.1) is 0 Å². The normalized spacial score (nSPS) is 11.2. The van der Waals surface area contributed by atoms with Crippen LogP contribution in [0.2, 0.25) is 0 Å². The molecule has 3 aromatic carbocycles. The average Bonchev–Trinajstić information content (AvgIpc) is 2.83. The van der Waals surface area contributed by atoms with E-state index in [2.05, 4.69) is 17.6 Å². The highest BCUT2D eigenvalue weighted by atomic mass is 32.1. The number of para-hydroxylation sites is 3. The number of anilines is 1. The number of thiocarbonyl (C=S) groups is 1. The molecule has 0 aliphatic rings. The van der Waals surface area contributed by atoms with E-state index in [1.165, 1.54) is 0 Å². The van der Waals surface area contributed by atoms with E-state index in [9.17, 15) is 4.79 Å². The van der Waals surface area contributed by atoms with E-state index in [1.54, 1.807) is 24.3 Å². The lowest BCUT2D eigenvalue weighted by molar-refractivity contribution is 0.0977. The van der Waals surface area contributed by atoms with Crippen LogP contribution in [0.25, 0.3) is 0 Å².